The van der Waals surface area contributed by atoms with E-state index in [1.54, 1.807) is 31.6 Å². The highest BCUT2D eigenvalue weighted by molar-refractivity contribution is 7.92. The van der Waals surface area contributed by atoms with Gasteiger partial charge in [-0.15, -0.1) is 0 Å². The van der Waals surface area contributed by atoms with E-state index < -0.39 is 31.0 Å². The van der Waals surface area contributed by atoms with E-state index >= 15 is 0 Å². The van der Waals surface area contributed by atoms with Crippen LogP contribution in [0, 0.1) is 0 Å². The molecular formula is C20H23N3O6S3. The molecule has 1 heterocycles. The largest absolute Gasteiger partial charge is 0.383 e. The molecule has 0 saturated heterocycles. The SMILES string of the molecule is COCCn1c(=NC(=O)c2ccc(S(=O)(=O)C(C)C)cc2)sc2cc(S(N)(=O)=O)ccc21. The summed E-state index contributed by atoms with van der Waals surface area (Å²) < 4.78 is 55.4. The molecule has 0 aliphatic rings. The first-order valence-electron chi connectivity index (χ1n) is 9.53. The molecule has 32 heavy (non-hydrogen) atoms. The zero-order valence-electron chi connectivity index (χ0n) is 17.7. The fraction of sp³-hybridized carbons (Fsp3) is 0.300. The van der Waals surface area contributed by atoms with Crippen LogP contribution < -0.4 is 9.94 Å². The van der Waals surface area contributed by atoms with E-state index in [4.69, 9.17) is 9.88 Å². The van der Waals surface area contributed by atoms with Crippen molar-refractivity contribution >= 4 is 47.3 Å². The van der Waals surface area contributed by atoms with Crippen LogP contribution in [0.4, 0.5) is 0 Å². The van der Waals surface area contributed by atoms with Crippen LogP contribution in [0.5, 0.6) is 0 Å². The van der Waals surface area contributed by atoms with E-state index in [0.717, 1.165) is 11.3 Å². The van der Waals surface area contributed by atoms with Gasteiger partial charge in [-0.2, -0.15) is 4.99 Å². The molecule has 0 atom stereocenters. The number of sulfonamides is 1. The lowest BCUT2D eigenvalue weighted by Gasteiger charge is -2.07. The van der Waals surface area contributed by atoms with Crippen LogP contribution >= 0.6 is 11.3 Å². The van der Waals surface area contributed by atoms with Crippen molar-refractivity contribution in [3.05, 3.63) is 52.8 Å². The highest BCUT2D eigenvalue weighted by Crippen LogP contribution is 2.22. The van der Waals surface area contributed by atoms with Crippen molar-refractivity contribution in [3.63, 3.8) is 0 Å². The predicted molar refractivity (Wildman–Crippen MR) is 122 cm³/mol. The second kappa shape index (κ2) is 9.24. The lowest BCUT2D eigenvalue weighted by molar-refractivity contribution is 0.0997. The van der Waals surface area contributed by atoms with Gasteiger partial charge < -0.3 is 9.30 Å². The second-order valence-corrected chi connectivity index (χ2v) is 12.3. The zero-order valence-corrected chi connectivity index (χ0v) is 20.1. The number of nitrogens with two attached hydrogens (primary N) is 1. The van der Waals surface area contributed by atoms with Crippen molar-refractivity contribution in [2.45, 2.75) is 35.4 Å². The minimum absolute atomic E-state index is 0.0371. The molecule has 2 N–H and O–H groups in total. The van der Waals surface area contributed by atoms with Gasteiger partial charge in [0.1, 0.15) is 0 Å². The maximum Gasteiger partial charge on any atom is 0.279 e. The number of carbonyl (C=O) groups is 1. The van der Waals surface area contributed by atoms with Crippen LogP contribution in [0.3, 0.4) is 0 Å². The number of methoxy groups -OCH3 is 1. The third-order valence-corrected chi connectivity index (χ3v) is 8.87. The Bertz CT molecular complexity index is 1430. The minimum atomic E-state index is -3.88. The standard InChI is InChI=1S/C20H23N3O6S3/c1-13(2)31(25,26)15-6-4-14(5-7-15)19(24)22-20-23(10-11-29-3)17-9-8-16(32(21,27)28)12-18(17)30-20/h4-9,12-13H,10-11H2,1-3H3,(H2,21,27,28). The van der Waals surface area contributed by atoms with Crippen molar-refractivity contribution in [2.75, 3.05) is 13.7 Å². The van der Waals surface area contributed by atoms with Gasteiger partial charge in [0.25, 0.3) is 5.91 Å². The molecule has 0 fully saturated rings. The number of nitrogens with zero attached hydrogens (tertiary/aromatic N) is 2. The Morgan fingerprint density at radius 3 is 2.28 bits per heavy atom. The Balaban J connectivity index is 2.07. The van der Waals surface area contributed by atoms with Gasteiger partial charge in [-0.1, -0.05) is 11.3 Å². The van der Waals surface area contributed by atoms with E-state index in [-0.39, 0.29) is 15.4 Å². The first-order valence-corrected chi connectivity index (χ1v) is 13.4. The number of carbonyl (C=O) groups excluding carboxylic acids is 1. The summed E-state index contributed by atoms with van der Waals surface area (Å²) in [4.78, 5) is 17.4. The van der Waals surface area contributed by atoms with Crippen molar-refractivity contribution < 1.29 is 26.4 Å². The fourth-order valence-corrected chi connectivity index (χ4v) is 5.69. The first-order chi connectivity index (χ1) is 14.9. The summed E-state index contributed by atoms with van der Waals surface area (Å²) in [5.74, 6) is -0.553. The monoisotopic (exact) mass is 497 g/mol. The summed E-state index contributed by atoms with van der Waals surface area (Å²) in [7, 11) is -5.78. The number of fused-ring (bicyclic) bond motifs is 1. The number of hydrogen-bond donors (Lipinski definition) is 1. The normalized spacial score (nSPS) is 13.2. The van der Waals surface area contributed by atoms with Crippen LogP contribution in [0.1, 0.15) is 24.2 Å². The number of rotatable bonds is 7. The minimum Gasteiger partial charge on any atom is -0.383 e. The molecule has 3 aromatic rings. The van der Waals surface area contributed by atoms with Gasteiger partial charge in [-0.05, 0) is 56.3 Å². The van der Waals surface area contributed by atoms with Crippen LogP contribution in [0.2, 0.25) is 0 Å². The summed E-state index contributed by atoms with van der Waals surface area (Å²) in [6.07, 6.45) is 0. The van der Waals surface area contributed by atoms with Gasteiger partial charge in [0.15, 0.2) is 14.6 Å². The maximum atomic E-state index is 12.8. The molecule has 2 aromatic carbocycles. The average molecular weight is 498 g/mol. The number of sulfone groups is 1. The van der Waals surface area contributed by atoms with E-state index in [1.165, 1.54) is 36.4 Å². The van der Waals surface area contributed by atoms with Crippen LogP contribution in [0.15, 0.2) is 57.2 Å². The average Bonchev–Trinajstić information content (AvgIpc) is 3.07. The maximum absolute atomic E-state index is 12.8. The summed E-state index contributed by atoms with van der Waals surface area (Å²) >= 11 is 1.14. The third kappa shape index (κ3) is 4.99. The summed E-state index contributed by atoms with van der Waals surface area (Å²) in [5, 5.41) is 4.65. The Labute approximate surface area is 190 Å². The Kier molecular flexibility index (Phi) is 7.00. The summed E-state index contributed by atoms with van der Waals surface area (Å²) in [6, 6.07) is 10.1. The highest BCUT2D eigenvalue weighted by atomic mass is 32.2. The molecule has 0 radical (unpaired) electrons. The molecular weight excluding hydrogens is 474 g/mol. The van der Waals surface area contributed by atoms with Gasteiger partial charge >= 0.3 is 0 Å². The number of hydrogen-bond acceptors (Lipinski definition) is 7. The first kappa shape index (κ1) is 24.3. The molecule has 172 valence electrons. The topological polar surface area (TPSA) is 138 Å². The summed E-state index contributed by atoms with van der Waals surface area (Å²) in [6.45, 7) is 3.92. The molecule has 3 rings (SSSR count). The number of aromatic nitrogens is 1. The second-order valence-electron chi connectivity index (χ2n) is 7.24. The van der Waals surface area contributed by atoms with Gasteiger partial charge in [0, 0.05) is 19.2 Å². The fourth-order valence-electron chi connectivity index (χ4n) is 2.93. The lowest BCUT2D eigenvalue weighted by Crippen LogP contribution is -2.19. The number of primary sulfonamides is 1. The van der Waals surface area contributed by atoms with E-state index in [0.29, 0.717) is 28.2 Å². The van der Waals surface area contributed by atoms with Gasteiger partial charge in [0.2, 0.25) is 10.0 Å². The smallest absolute Gasteiger partial charge is 0.279 e. The molecule has 1 aromatic heterocycles. The van der Waals surface area contributed by atoms with Crippen molar-refractivity contribution in [3.8, 4) is 0 Å². The molecule has 0 aliphatic carbocycles. The molecule has 0 bridgehead atoms. The Morgan fingerprint density at radius 2 is 1.72 bits per heavy atom. The number of ether oxygens (including phenoxy) is 1. The summed E-state index contributed by atoms with van der Waals surface area (Å²) in [5.41, 5.74) is 0.915. The molecule has 0 aliphatic heterocycles. The third-order valence-electron chi connectivity index (χ3n) is 4.75. The van der Waals surface area contributed by atoms with Crippen LogP contribution in [-0.2, 0) is 31.1 Å². The lowest BCUT2D eigenvalue weighted by atomic mass is 10.2. The van der Waals surface area contributed by atoms with Crippen LogP contribution in [0.25, 0.3) is 10.2 Å². The van der Waals surface area contributed by atoms with Crippen LogP contribution in [-0.4, -0.2) is 46.3 Å². The Morgan fingerprint density at radius 1 is 1.09 bits per heavy atom. The number of thiazole rings is 1. The molecule has 0 saturated carbocycles. The van der Waals surface area contributed by atoms with Crippen molar-refractivity contribution in [2.24, 2.45) is 10.1 Å². The van der Waals surface area contributed by atoms with Gasteiger partial charge in [0.05, 0.1) is 31.9 Å². The van der Waals surface area contributed by atoms with Crippen molar-refractivity contribution in [1.82, 2.24) is 4.57 Å². The Hall–Kier alpha value is -2.38. The predicted octanol–water partition coefficient (Wildman–Crippen LogP) is 1.92. The zero-order chi connectivity index (χ0) is 23.7. The van der Waals surface area contributed by atoms with Gasteiger partial charge in [-0.3, -0.25) is 4.79 Å². The number of amides is 1. The van der Waals surface area contributed by atoms with E-state index in [9.17, 15) is 21.6 Å². The quantitative estimate of drug-likeness (QED) is 0.529. The number of benzene rings is 2. The highest BCUT2D eigenvalue weighted by Gasteiger charge is 2.19. The molecule has 1 amide bonds. The molecule has 9 nitrogen and oxygen atoms in total. The van der Waals surface area contributed by atoms with Gasteiger partial charge in [-0.25, -0.2) is 22.0 Å². The molecule has 0 spiro atoms. The van der Waals surface area contributed by atoms with Crippen molar-refractivity contribution in [1.29, 1.82) is 0 Å². The van der Waals surface area contributed by atoms with E-state index in [1.807, 2.05) is 0 Å². The van der Waals surface area contributed by atoms with E-state index in [2.05, 4.69) is 4.99 Å². The molecule has 12 heteroatoms. The molecule has 0 unspecified atom stereocenters.